The van der Waals surface area contributed by atoms with Gasteiger partial charge in [-0.05, 0) is 25.1 Å². The van der Waals surface area contributed by atoms with Gasteiger partial charge in [0.2, 0.25) is 0 Å². The molecule has 0 aliphatic carbocycles. The third-order valence-corrected chi connectivity index (χ3v) is 4.11. The van der Waals surface area contributed by atoms with E-state index in [4.69, 9.17) is 27.9 Å². The van der Waals surface area contributed by atoms with Gasteiger partial charge >= 0.3 is 5.97 Å². The van der Waals surface area contributed by atoms with Gasteiger partial charge in [0.1, 0.15) is 17.7 Å². The van der Waals surface area contributed by atoms with E-state index in [1.165, 1.54) is 12.1 Å². The number of nitro groups is 1. The number of hydrogen-bond donors (Lipinski definition) is 1. The van der Waals surface area contributed by atoms with Crippen LogP contribution in [0.4, 0.5) is 5.69 Å². The predicted molar refractivity (Wildman–Crippen MR) is 96.4 cm³/mol. The average molecular weight is 397 g/mol. The quantitative estimate of drug-likeness (QED) is 0.452. The third kappa shape index (κ3) is 4.93. The molecule has 26 heavy (non-hydrogen) atoms. The van der Waals surface area contributed by atoms with Crippen LogP contribution in [0, 0.1) is 10.1 Å². The molecule has 136 valence electrons. The standard InChI is InChI=1S/C17H14Cl2N2O5/c1-10(12-4-2-3-5-13(12)18)26-16(22)9-20-17(23)11-6-7-14(19)15(8-11)21(24)25/h2-8,10H,9H2,1H3,(H,20,23)/t10-/m1/s1. The Balaban J connectivity index is 1.95. The van der Waals surface area contributed by atoms with E-state index in [1.54, 1.807) is 31.2 Å². The molecule has 0 aliphatic rings. The van der Waals surface area contributed by atoms with Gasteiger partial charge in [-0.1, -0.05) is 41.4 Å². The summed E-state index contributed by atoms with van der Waals surface area (Å²) in [5.41, 5.74) is 0.254. The Labute approximate surface area is 159 Å². The molecule has 2 rings (SSSR count). The molecular formula is C17H14Cl2N2O5. The van der Waals surface area contributed by atoms with E-state index in [2.05, 4.69) is 5.32 Å². The van der Waals surface area contributed by atoms with Crippen LogP contribution in [-0.2, 0) is 9.53 Å². The van der Waals surface area contributed by atoms with Gasteiger partial charge in [-0.25, -0.2) is 0 Å². The Morgan fingerprint density at radius 2 is 1.88 bits per heavy atom. The lowest BCUT2D eigenvalue weighted by atomic mass is 10.1. The molecule has 0 aromatic heterocycles. The molecule has 0 saturated heterocycles. The Hall–Kier alpha value is -2.64. The highest BCUT2D eigenvalue weighted by molar-refractivity contribution is 6.32. The number of hydrogen-bond acceptors (Lipinski definition) is 5. The lowest BCUT2D eigenvalue weighted by Crippen LogP contribution is -2.31. The molecule has 0 fully saturated rings. The molecule has 1 N–H and O–H groups in total. The molecule has 1 amide bonds. The maximum absolute atomic E-state index is 12.0. The van der Waals surface area contributed by atoms with Crippen LogP contribution in [0.1, 0.15) is 28.9 Å². The zero-order valence-electron chi connectivity index (χ0n) is 13.6. The summed E-state index contributed by atoms with van der Waals surface area (Å²) in [5.74, 6) is -1.33. The Morgan fingerprint density at radius 3 is 2.54 bits per heavy atom. The van der Waals surface area contributed by atoms with Crippen LogP contribution in [-0.4, -0.2) is 23.3 Å². The summed E-state index contributed by atoms with van der Waals surface area (Å²) < 4.78 is 5.22. The largest absolute Gasteiger partial charge is 0.456 e. The van der Waals surface area contributed by atoms with Gasteiger partial charge in [-0.2, -0.15) is 0 Å². The van der Waals surface area contributed by atoms with Gasteiger partial charge in [0.05, 0.1) is 4.92 Å². The van der Waals surface area contributed by atoms with Crippen LogP contribution < -0.4 is 5.32 Å². The predicted octanol–water partition coefficient (Wildman–Crippen LogP) is 3.94. The van der Waals surface area contributed by atoms with E-state index < -0.39 is 35.1 Å². The van der Waals surface area contributed by atoms with Gasteiger partial charge in [0.15, 0.2) is 0 Å². The highest BCUT2D eigenvalue weighted by Crippen LogP contribution is 2.26. The monoisotopic (exact) mass is 396 g/mol. The van der Waals surface area contributed by atoms with Crippen molar-refractivity contribution in [2.75, 3.05) is 6.54 Å². The Morgan fingerprint density at radius 1 is 1.19 bits per heavy atom. The van der Waals surface area contributed by atoms with Crippen molar-refractivity contribution in [3.63, 3.8) is 0 Å². The smallest absolute Gasteiger partial charge is 0.326 e. The molecule has 0 spiro atoms. The van der Waals surface area contributed by atoms with Crippen LogP contribution in [0.15, 0.2) is 42.5 Å². The summed E-state index contributed by atoms with van der Waals surface area (Å²) in [6.45, 7) is 1.26. The first-order chi connectivity index (χ1) is 12.3. The highest BCUT2D eigenvalue weighted by Gasteiger charge is 2.18. The van der Waals surface area contributed by atoms with E-state index >= 15 is 0 Å². The van der Waals surface area contributed by atoms with Gasteiger partial charge in [0, 0.05) is 22.2 Å². The molecule has 0 bridgehead atoms. The topological polar surface area (TPSA) is 98.5 Å². The third-order valence-electron chi connectivity index (χ3n) is 3.45. The second-order valence-corrected chi connectivity index (χ2v) is 6.07. The number of benzene rings is 2. The minimum atomic E-state index is -0.696. The van der Waals surface area contributed by atoms with Gasteiger partial charge in [0.25, 0.3) is 11.6 Å². The fourth-order valence-corrected chi connectivity index (χ4v) is 2.63. The number of halogens is 2. The van der Waals surface area contributed by atoms with Crippen LogP contribution in [0.5, 0.6) is 0 Å². The average Bonchev–Trinajstić information content (AvgIpc) is 2.60. The molecule has 2 aromatic rings. The van der Waals surface area contributed by atoms with Crippen molar-refractivity contribution in [2.24, 2.45) is 0 Å². The number of nitro benzene ring substituents is 1. The maximum Gasteiger partial charge on any atom is 0.326 e. The molecule has 0 heterocycles. The number of rotatable bonds is 6. The van der Waals surface area contributed by atoms with E-state index in [9.17, 15) is 19.7 Å². The normalized spacial score (nSPS) is 11.5. The molecule has 0 unspecified atom stereocenters. The van der Waals surface area contributed by atoms with E-state index in [-0.39, 0.29) is 10.6 Å². The Bertz CT molecular complexity index is 857. The fourth-order valence-electron chi connectivity index (χ4n) is 2.16. The van der Waals surface area contributed by atoms with Crippen LogP contribution in [0.3, 0.4) is 0 Å². The van der Waals surface area contributed by atoms with Crippen molar-refractivity contribution in [1.29, 1.82) is 0 Å². The van der Waals surface area contributed by atoms with Crippen LogP contribution in [0.25, 0.3) is 0 Å². The summed E-state index contributed by atoms with van der Waals surface area (Å²) in [4.78, 5) is 34.1. The van der Waals surface area contributed by atoms with Crippen molar-refractivity contribution in [3.05, 3.63) is 73.8 Å². The lowest BCUT2D eigenvalue weighted by molar-refractivity contribution is -0.384. The number of ether oxygens (including phenoxy) is 1. The highest BCUT2D eigenvalue weighted by atomic mass is 35.5. The number of carbonyl (C=O) groups is 2. The molecule has 1 atom stereocenters. The number of nitrogens with zero attached hydrogens (tertiary/aromatic N) is 1. The second kappa shape index (κ2) is 8.64. The minimum Gasteiger partial charge on any atom is -0.456 e. The van der Waals surface area contributed by atoms with Crippen molar-refractivity contribution in [2.45, 2.75) is 13.0 Å². The van der Waals surface area contributed by atoms with Crippen LogP contribution >= 0.6 is 23.2 Å². The molecule has 9 heteroatoms. The van der Waals surface area contributed by atoms with Crippen molar-refractivity contribution < 1.29 is 19.2 Å². The van der Waals surface area contributed by atoms with E-state index in [0.29, 0.717) is 10.6 Å². The van der Waals surface area contributed by atoms with Crippen molar-refractivity contribution in [3.8, 4) is 0 Å². The first-order valence-electron chi connectivity index (χ1n) is 7.45. The molecule has 0 radical (unpaired) electrons. The second-order valence-electron chi connectivity index (χ2n) is 5.26. The molecule has 7 nitrogen and oxygen atoms in total. The van der Waals surface area contributed by atoms with Crippen LogP contribution in [0.2, 0.25) is 10.0 Å². The number of amides is 1. The van der Waals surface area contributed by atoms with Gasteiger partial charge < -0.3 is 10.1 Å². The summed E-state index contributed by atoms with van der Waals surface area (Å²) >= 11 is 11.7. The zero-order valence-corrected chi connectivity index (χ0v) is 15.1. The Kier molecular flexibility index (Phi) is 6.54. The summed E-state index contributed by atoms with van der Waals surface area (Å²) in [6, 6.07) is 10.5. The van der Waals surface area contributed by atoms with Gasteiger partial charge in [-0.3, -0.25) is 19.7 Å². The number of esters is 1. The zero-order chi connectivity index (χ0) is 19.3. The number of nitrogens with one attached hydrogen (secondary N) is 1. The van der Waals surface area contributed by atoms with E-state index in [1.807, 2.05) is 0 Å². The molecule has 0 saturated carbocycles. The summed E-state index contributed by atoms with van der Waals surface area (Å²) in [7, 11) is 0. The molecule has 0 aliphatic heterocycles. The fraction of sp³-hybridized carbons (Fsp3) is 0.176. The SMILES string of the molecule is C[C@@H](OC(=O)CNC(=O)c1ccc(Cl)c([N+](=O)[O-])c1)c1ccccc1Cl. The summed E-state index contributed by atoms with van der Waals surface area (Å²) in [6.07, 6.45) is -0.593. The molecule has 2 aromatic carbocycles. The first kappa shape index (κ1) is 19.7. The maximum atomic E-state index is 12.0. The lowest BCUT2D eigenvalue weighted by Gasteiger charge is -2.15. The summed E-state index contributed by atoms with van der Waals surface area (Å²) in [5, 5.41) is 13.6. The number of carbonyl (C=O) groups excluding carboxylic acids is 2. The minimum absolute atomic E-state index is 0.00746. The van der Waals surface area contributed by atoms with Crippen molar-refractivity contribution >= 4 is 40.8 Å². The van der Waals surface area contributed by atoms with E-state index in [0.717, 1.165) is 6.07 Å². The van der Waals surface area contributed by atoms with Gasteiger partial charge in [-0.15, -0.1) is 0 Å². The molecular weight excluding hydrogens is 383 g/mol. The van der Waals surface area contributed by atoms with Crippen molar-refractivity contribution in [1.82, 2.24) is 5.32 Å². The first-order valence-corrected chi connectivity index (χ1v) is 8.21.